The van der Waals surface area contributed by atoms with Gasteiger partial charge in [-0.15, -0.1) is 5.11 Å². The number of aromatic nitrogens is 2. The maximum atomic E-state index is 10.9. The van der Waals surface area contributed by atoms with Gasteiger partial charge in [-0.2, -0.15) is 9.78 Å². The number of methoxy groups -OCH3 is 1. The lowest BCUT2D eigenvalue weighted by Gasteiger charge is -2.02. The molecular formula is C25H25N7O3. The molecule has 0 aliphatic heterocycles. The van der Waals surface area contributed by atoms with E-state index in [2.05, 4.69) is 26.9 Å². The van der Waals surface area contributed by atoms with E-state index in [9.17, 15) is 10.1 Å². The highest BCUT2D eigenvalue weighted by Gasteiger charge is 2.11. The van der Waals surface area contributed by atoms with Gasteiger partial charge in [0.15, 0.2) is 0 Å². The molecule has 0 atom stereocenters. The number of ether oxygens (including phenoxy) is 1. The van der Waals surface area contributed by atoms with Gasteiger partial charge >= 0.3 is 0 Å². The summed E-state index contributed by atoms with van der Waals surface area (Å²) in [5.74, 6) is 0.772. The minimum atomic E-state index is -0.457. The van der Waals surface area contributed by atoms with Crippen molar-refractivity contribution in [1.82, 2.24) is 9.24 Å². The number of rotatable bonds is 9. The van der Waals surface area contributed by atoms with Crippen LogP contribution in [0.1, 0.15) is 25.3 Å². The van der Waals surface area contributed by atoms with Crippen molar-refractivity contribution < 1.29 is 9.66 Å². The molecule has 178 valence electrons. The van der Waals surface area contributed by atoms with Crippen LogP contribution in [0.15, 0.2) is 93.3 Å². The maximum Gasteiger partial charge on any atom is 0.269 e. The smallest absolute Gasteiger partial charge is 0.269 e. The Morgan fingerprint density at radius 3 is 2.37 bits per heavy atom. The monoisotopic (exact) mass is 471 g/mol. The molecule has 10 heteroatoms. The molecule has 1 aromatic heterocycles. The molecule has 0 radical (unpaired) electrons. The molecule has 0 fully saturated rings. The lowest BCUT2D eigenvalue weighted by atomic mass is 10.2. The number of benzene rings is 3. The summed E-state index contributed by atoms with van der Waals surface area (Å²) in [6, 6.07) is 21.3. The van der Waals surface area contributed by atoms with Gasteiger partial charge in [0.2, 0.25) is 0 Å². The van der Waals surface area contributed by atoms with Crippen LogP contribution in [-0.2, 0) is 6.54 Å². The first-order valence-corrected chi connectivity index (χ1v) is 11.2. The van der Waals surface area contributed by atoms with Gasteiger partial charge in [-0.05, 0) is 65.7 Å². The van der Waals surface area contributed by atoms with Crippen LogP contribution in [0.5, 0.6) is 5.75 Å². The summed E-state index contributed by atoms with van der Waals surface area (Å²) >= 11 is 0. The van der Waals surface area contributed by atoms with Crippen LogP contribution in [0, 0.1) is 10.1 Å². The van der Waals surface area contributed by atoms with Gasteiger partial charge < -0.3 is 9.30 Å². The molecule has 3 aromatic carbocycles. The predicted molar refractivity (Wildman–Crippen MR) is 134 cm³/mol. The van der Waals surface area contributed by atoms with Crippen molar-refractivity contribution in [3.8, 4) is 5.75 Å². The number of non-ortho nitro benzene ring substituents is 1. The highest BCUT2D eigenvalue weighted by Crippen LogP contribution is 2.18. The van der Waals surface area contributed by atoms with Crippen LogP contribution < -0.4 is 10.4 Å². The molecule has 0 aliphatic carbocycles. The zero-order valence-corrected chi connectivity index (χ0v) is 19.5. The third-order valence-corrected chi connectivity index (χ3v) is 5.36. The first-order chi connectivity index (χ1) is 17.1. The van der Waals surface area contributed by atoms with Gasteiger partial charge in [0.05, 0.1) is 35.0 Å². The van der Waals surface area contributed by atoms with E-state index in [0.717, 1.165) is 41.7 Å². The van der Waals surface area contributed by atoms with Gasteiger partial charge in [0.1, 0.15) is 5.75 Å². The minimum Gasteiger partial charge on any atom is -0.497 e. The quantitative estimate of drug-likeness (QED) is 0.136. The zero-order valence-electron chi connectivity index (χ0n) is 19.5. The summed E-state index contributed by atoms with van der Waals surface area (Å²) in [4.78, 5) is 10.4. The highest BCUT2D eigenvalue weighted by atomic mass is 16.6. The Balaban J connectivity index is 1.78. The second-order valence-electron chi connectivity index (χ2n) is 7.69. The number of nitrogens with zero attached hydrogens (tertiary/aromatic N) is 7. The van der Waals surface area contributed by atoms with Crippen molar-refractivity contribution in [2.45, 2.75) is 26.3 Å². The van der Waals surface area contributed by atoms with Gasteiger partial charge in [-0.3, -0.25) is 10.1 Å². The third-order valence-electron chi connectivity index (χ3n) is 5.36. The van der Waals surface area contributed by atoms with Gasteiger partial charge in [0.25, 0.3) is 11.3 Å². The lowest BCUT2D eigenvalue weighted by Crippen LogP contribution is -2.24. The number of fused-ring (bicyclic) bond motifs is 1. The molecule has 4 rings (SSSR count). The Hall–Kier alpha value is -4.60. The molecule has 0 saturated heterocycles. The van der Waals surface area contributed by atoms with Crippen molar-refractivity contribution >= 4 is 28.6 Å². The second-order valence-corrected chi connectivity index (χ2v) is 7.69. The van der Waals surface area contributed by atoms with Crippen LogP contribution in [0.4, 0.5) is 11.4 Å². The average Bonchev–Trinajstić information content (AvgIpc) is 3.19. The number of hydrogen-bond donors (Lipinski definition) is 0. The number of nitro benzene ring substituents is 1. The summed E-state index contributed by atoms with van der Waals surface area (Å²) in [7, 11) is 1.63. The summed E-state index contributed by atoms with van der Waals surface area (Å²) in [5, 5.41) is 28.1. The van der Waals surface area contributed by atoms with Crippen LogP contribution in [-0.4, -0.2) is 27.5 Å². The first-order valence-electron chi connectivity index (χ1n) is 11.2. The Morgan fingerprint density at radius 2 is 1.71 bits per heavy atom. The number of hydrogen-bond acceptors (Lipinski definition) is 6. The normalized spacial score (nSPS) is 12.2. The highest BCUT2D eigenvalue weighted by molar-refractivity contribution is 5.81. The van der Waals surface area contributed by atoms with E-state index >= 15 is 0 Å². The Morgan fingerprint density at radius 1 is 1.00 bits per heavy atom. The molecule has 0 bridgehead atoms. The van der Waals surface area contributed by atoms with E-state index in [1.165, 1.54) is 24.3 Å². The van der Waals surface area contributed by atoms with Gasteiger partial charge in [-0.1, -0.05) is 30.6 Å². The Labute approximate surface area is 201 Å². The fraction of sp³-hybridized carbons (Fsp3) is 0.200. The number of aryl methyl sites for hydroxylation is 1. The predicted octanol–water partition coefficient (Wildman–Crippen LogP) is 5.64. The fourth-order valence-electron chi connectivity index (χ4n) is 3.52. The fourth-order valence-corrected chi connectivity index (χ4v) is 3.52. The maximum absolute atomic E-state index is 10.9. The van der Waals surface area contributed by atoms with Crippen LogP contribution in [0.2, 0.25) is 0 Å². The van der Waals surface area contributed by atoms with Gasteiger partial charge in [0, 0.05) is 18.7 Å². The summed E-state index contributed by atoms with van der Waals surface area (Å²) in [6.45, 7) is 2.88. The molecule has 0 spiro atoms. The summed E-state index contributed by atoms with van der Waals surface area (Å²) in [6.07, 6.45) is 3.73. The molecule has 4 aromatic rings. The van der Waals surface area contributed by atoms with Crippen molar-refractivity contribution in [2.75, 3.05) is 7.11 Å². The van der Waals surface area contributed by atoms with E-state index < -0.39 is 4.92 Å². The standard InChI is InChI=1S/C25H25N7O3/c1-3-4-17-30-23-7-5-6-8-24(23)31(26-18-19-9-15-22(35-2)16-10-19)25(30)28-29-27-20-11-13-21(14-12-20)32(33)34/h5-16,18H,3-4,17H2,1-2H3/b26-18+,28-25+,29-27?. The number of para-hydroxylation sites is 2. The van der Waals surface area contributed by atoms with Gasteiger partial charge in [-0.25, -0.2) is 0 Å². The number of nitro groups is 1. The Kier molecular flexibility index (Phi) is 7.41. The number of imidazole rings is 1. The van der Waals surface area contributed by atoms with Crippen molar-refractivity contribution in [3.05, 3.63) is 94.1 Å². The van der Waals surface area contributed by atoms with Crippen molar-refractivity contribution in [2.24, 2.45) is 20.5 Å². The first kappa shape index (κ1) is 23.6. The van der Waals surface area contributed by atoms with E-state index in [1.54, 1.807) is 18.0 Å². The zero-order chi connectivity index (χ0) is 24.6. The summed E-state index contributed by atoms with van der Waals surface area (Å²) in [5.41, 5.74) is 3.75. The molecule has 0 unspecified atom stereocenters. The van der Waals surface area contributed by atoms with E-state index in [4.69, 9.17) is 9.84 Å². The third kappa shape index (κ3) is 5.49. The van der Waals surface area contributed by atoms with Crippen LogP contribution >= 0.6 is 0 Å². The lowest BCUT2D eigenvalue weighted by molar-refractivity contribution is -0.384. The molecular weight excluding hydrogens is 446 g/mol. The molecule has 1 heterocycles. The van der Waals surface area contributed by atoms with E-state index in [-0.39, 0.29) is 5.69 Å². The van der Waals surface area contributed by atoms with Crippen LogP contribution in [0.3, 0.4) is 0 Å². The topological polar surface area (TPSA) is 112 Å². The molecule has 35 heavy (non-hydrogen) atoms. The molecule has 0 amide bonds. The van der Waals surface area contributed by atoms with Crippen LogP contribution in [0.25, 0.3) is 11.0 Å². The molecule has 0 N–H and O–H groups in total. The molecule has 0 saturated carbocycles. The average molecular weight is 472 g/mol. The van der Waals surface area contributed by atoms with E-state index in [0.29, 0.717) is 11.3 Å². The van der Waals surface area contributed by atoms with Crippen molar-refractivity contribution in [3.63, 3.8) is 0 Å². The SMILES string of the molecule is CCCCn1/c(=N\N=Nc2ccc([N+](=O)[O-])cc2)n(/N=C/c2ccc(OC)cc2)c2ccccc21. The molecule has 0 aliphatic rings. The Bertz CT molecular complexity index is 1430. The summed E-state index contributed by atoms with van der Waals surface area (Å²) < 4.78 is 9.03. The largest absolute Gasteiger partial charge is 0.497 e. The number of unbranched alkanes of at least 4 members (excludes halogenated alkanes) is 1. The minimum absolute atomic E-state index is 0.00806. The molecule has 10 nitrogen and oxygen atoms in total. The van der Waals surface area contributed by atoms with Crippen molar-refractivity contribution in [1.29, 1.82) is 0 Å². The van der Waals surface area contributed by atoms with E-state index in [1.807, 2.05) is 48.5 Å². The second kappa shape index (κ2) is 11.0.